The number of nitrogens with zero attached hydrogens (tertiary/aromatic N) is 1. The van der Waals surface area contributed by atoms with E-state index in [0.717, 1.165) is 11.6 Å². The third-order valence-corrected chi connectivity index (χ3v) is 3.91. The van der Waals surface area contributed by atoms with Gasteiger partial charge in [0.05, 0.1) is 0 Å². The van der Waals surface area contributed by atoms with Crippen LogP contribution in [0.2, 0.25) is 5.02 Å². The van der Waals surface area contributed by atoms with E-state index in [2.05, 4.69) is 40.4 Å². The second kappa shape index (κ2) is 5.99. The van der Waals surface area contributed by atoms with Crippen molar-refractivity contribution in [2.75, 3.05) is 0 Å². The van der Waals surface area contributed by atoms with E-state index in [9.17, 15) is 0 Å². The highest BCUT2D eigenvalue weighted by molar-refractivity contribution is 7.16. The number of rotatable bonds is 2. The third-order valence-electron chi connectivity index (χ3n) is 2.73. The highest BCUT2D eigenvalue weighted by atomic mass is 127. The standard InChI is InChI=1S/C14H11ClNS.HI/c15-12-6-7-13-14(8-12)17-10-16(13)9-11-4-2-1-3-5-11;/h1-8,10H,9H2;1H/q+1;/p-1. The molecule has 0 radical (unpaired) electrons. The van der Waals surface area contributed by atoms with E-state index in [1.165, 1.54) is 15.8 Å². The van der Waals surface area contributed by atoms with Crippen molar-refractivity contribution in [3.8, 4) is 0 Å². The summed E-state index contributed by atoms with van der Waals surface area (Å²) in [5.41, 5.74) is 4.70. The van der Waals surface area contributed by atoms with Crippen molar-refractivity contribution in [3.05, 3.63) is 64.6 Å². The van der Waals surface area contributed by atoms with E-state index < -0.39 is 0 Å². The molecule has 0 saturated heterocycles. The molecule has 0 fully saturated rings. The monoisotopic (exact) mass is 387 g/mol. The van der Waals surface area contributed by atoms with Gasteiger partial charge in [0.15, 0.2) is 6.54 Å². The Hall–Kier alpha value is -0.650. The SMILES string of the molecule is Clc1ccc2c(c1)sc[n+]2Cc1ccccc1.[I-]. The van der Waals surface area contributed by atoms with Gasteiger partial charge >= 0.3 is 0 Å². The zero-order chi connectivity index (χ0) is 11.7. The maximum absolute atomic E-state index is 5.99. The highest BCUT2D eigenvalue weighted by Crippen LogP contribution is 2.21. The molecule has 2 aromatic carbocycles. The number of halogens is 2. The fourth-order valence-electron chi connectivity index (χ4n) is 1.90. The molecular formula is C14H11ClINS. The molecule has 0 aliphatic rings. The number of fused-ring (bicyclic) bond motifs is 1. The lowest BCUT2D eigenvalue weighted by Crippen LogP contribution is -3.00. The second-order valence-electron chi connectivity index (χ2n) is 3.95. The molecule has 0 aliphatic carbocycles. The van der Waals surface area contributed by atoms with Crippen LogP contribution in [-0.4, -0.2) is 0 Å². The number of hydrogen-bond acceptors (Lipinski definition) is 1. The van der Waals surface area contributed by atoms with Crippen molar-refractivity contribution >= 4 is 33.2 Å². The Morgan fingerprint density at radius 2 is 1.83 bits per heavy atom. The average Bonchev–Trinajstić information content (AvgIpc) is 2.73. The van der Waals surface area contributed by atoms with Gasteiger partial charge in [-0.3, -0.25) is 0 Å². The maximum atomic E-state index is 5.99. The molecular weight excluding hydrogens is 377 g/mol. The van der Waals surface area contributed by atoms with Gasteiger partial charge in [-0.15, -0.1) is 0 Å². The molecule has 92 valence electrons. The minimum absolute atomic E-state index is 0. The summed E-state index contributed by atoms with van der Waals surface area (Å²) < 4.78 is 3.49. The van der Waals surface area contributed by atoms with Gasteiger partial charge in [0.25, 0.3) is 0 Å². The summed E-state index contributed by atoms with van der Waals surface area (Å²) in [5.74, 6) is 0. The van der Waals surface area contributed by atoms with Crippen molar-refractivity contribution < 1.29 is 28.5 Å². The normalized spacial score (nSPS) is 10.3. The first kappa shape index (κ1) is 13.8. The van der Waals surface area contributed by atoms with Crippen molar-refractivity contribution in [1.82, 2.24) is 0 Å². The molecule has 3 rings (SSSR count). The van der Waals surface area contributed by atoms with Crippen molar-refractivity contribution in [3.63, 3.8) is 0 Å². The molecule has 0 bridgehead atoms. The minimum atomic E-state index is 0. The summed E-state index contributed by atoms with van der Waals surface area (Å²) in [4.78, 5) is 0. The van der Waals surface area contributed by atoms with Crippen molar-refractivity contribution in [2.24, 2.45) is 0 Å². The molecule has 4 heteroatoms. The predicted molar refractivity (Wildman–Crippen MR) is 72.6 cm³/mol. The zero-order valence-electron chi connectivity index (χ0n) is 9.51. The summed E-state index contributed by atoms with van der Waals surface area (Å²) in [7, 11) is 0. The van der Waals surface area contributed by atoms with E-state index in [0.29, 0.717) is 0 Å². The molecule has 1 aromatic heterocycles. The fourth-order valence-corrected chi connectivity index (χ4v) is 3.07. The van der Waals surface area contributed by atoms with Crippen LogP contribution in [0.25, 0.3) is 10.2 Å². The minimum Gasteiger partial charge on any atom is -1.00 e. The van der Waals surface area contributed by atoms with E-state index in [-0.39, 0.29) is 24.0 Å². The molecule has 3 aromatic rings. The third kappa shape index (κ3) is 2.84. The van der Waals surface area contributed by atoms with Crippen LogP contribution in [0.15, 0.2) is 54.0 Å². The number of aromatic nitrogens is 1. The summed E-state index contributed by atoms with van der Waals surface area (Å²) in [6, 6.07) is 16.5. The molecule has 1 nitrogen and oxygen atoms in total. The predicted octanol–water partition coefficient (Wildman–Crippen LogP) is 0.895. The Morgan fingerprint density at radius 1 is 1.06 bits per heavy atom. The van der Waals surface area contributed by atoms with Crippen LogP contribution in [0, 0.1) is 0 Å². The Balaban J connectivity index is 0.00000120. The molecule has 0 atom stereocenters. The highest BCUT2D eigenvalue weighted by Gasteiger charge is 2.12. The lowest BCUT2D eigenvalue weighted by molar-refractivity contribution is -0.658. The van der Waals surface area contributed by atoms with Gasteiger partial charge in [-0.25, -0.2) is 0 Å². The molecule has 0 spiro atoms. The first-order valence-corrected chi connectivity index (χ1v) is 6.69. The quantitative estimate of drug-likeness (QED) is 0.454. The van der Waals surface area contributed by atoms with Gasteiger partial charge in [-0.05, 0) is 12.1 Å². The van der Waals surface area contributed by atoms with Gasteiger partial charge in [0.1, 0.15) is 4.70 Å². The summed E-state index contributed by atoms with van der Waals surface area (Å²) in [5, 5.41) is 0.797. The van der Waals surface area contributed by atoms with Crippen molar-refractivity contribution in [2.45, 2.75) is 6.54 Å². The smallest absolute Gasteiger partial charge is 0.226 e. The Morgan fingerprint density at radius 3 is 2.61 bits per heavy atom. The van der Waals surface area contributed by atoms with Crippen LogP contribution in [0.4, 0.5) is 0 Å². The van der Waals surface area contributed by atoms with Gasteiger partial charge in [0.2, 0.25) is 11.0 Å². The summed E-state index contributed by atoms with van der Waals surface area (Å²) >= 11 is 7.71. The van der Waals surface area contributed by atoms with E-state index >= 15 is 0 Å². The number of thiazole rings is 1. The van der Waals surface area contributed by atoms with Crippen LogP contribution >= 0.6 is 22.9 Å². The molecule has 0 N–H and O–H groups in total. The summed E-state index contributed by atoms with van der Waals surface area (Å²) in [6.07, 6.45) is 0. The maximum Gasteiger partial charge on any atom is 0.226 e. The molecule has 18 heavy (non-hydrogen) atoms. The fraction of sp³-hybridized carbons (Fsp3) is 0.0714. The average molecular weight is 388 g/mol. The molecule has 0 aliphatic heterocycles. The second-order valence-corrected chi connectivity index (χ2v) is 5.27. The zero-order valence-corrected chi connectivity index (χ0v) is 13.2. The van der Waals surface area contributed by atoms with Crippen molar-refractivity contribution in [1.29, 1.82) is 0 Å². The van der Waals surface area contributed by atoms with Gasteiger partial charge in [0, 0.05) is 16.7 Å². The Kier molecular flexibility index (Phi) is 4.59. The molecule has 0 saturated carbocycles. The van der Waals surface area contributed by atoms with Gasteiger partial charge < -0.3 is 24.0 Å². The number of benzene rings is 2. The molecule has 1 heterocycles. The topological polar surface area (TPSA) is 3.88 Å². The van der Waals surface area contributed by atoms with E-state index in [4.69, 9.17) is 11.6 Å². The first-order chi connectivity index (χ1) is 8.33. The lowest BCUT2D eigenvalue weighted by atomic mass is 10.2. The van der Waals surface area contributed by atoms with Crippen LogP contribution in [0.3, 0.4) is 0 Å². The van der Waals surface area contributed by atoms with Crippen LogP contribution in [0.1, 0.15) is 5.56 Å². The van der Waals surface area contributed by atoms with E-state index in [1.807, 2.05) is 18.2 Å². The van der Waals surface area contributed by atoms with Crippen LogP contribution < -0.4 is 28.5 Å². The molecule has 0 unspecified atom stereocenters. The van der Waals surface area contributed by atoms with Crippen LogP contribution in [-0.2, 0) is 6.54 Å². The largest absolute Gasteiger partial charge is 1.00 e. The Labute approximate surface area is 132 Å². The first-order valence-electron chi connectivity index (χ1n) is 5.43. The van der Waals surface area contributed by atoms with Crippen LogP contribution in [0.5, 0.6) is 0 Å². The van der Waals surface area contributed by atoms with E-state index in [1.54, 1.807) is 11.3 Å². The summed E-state index contributed by atoms with van der Waals surface area (Å²) in [6.45, 7) is 0.905. The molecule has 0 amide bonds. The lowest BCUT2D eigenvalue weighted by Gasteiger charge is -1.95. The number of hydrogen-bond donors (Lipinski definition) is 0. The van der Waals surface area contributed by atoms with Gasteiger partial charge in [-0.1, -0.05) is 53.3 Å². The van der Waals surface area contributed by atoms with Gasteiger partial charge in [-0.2, -0.15) is 4.57 Å². The Bertz CT molecular complexity index is 651.